The van der Waals surface area contributed by atoms with Crippen molar-refractivity contribution in [1.29, 1.82) is 0 Å². The first kappa shape index (κ1) is 12.5. The molecule has 1 nitrogen and oxygen atoms in total. The number of carbonyl (C=O) groups is 1. The number of hydrogen-bond acceptors (Lipinski definition) is 2. The zero-order valence-electron chi connectivity index (χ0n) is 9.17. The van der Waals surface area contributed by atoms with Crippen LogP contribution >= 0.6 is 27.3 Å². The van der Waals surface area contributed by atoms with Crippen LogP contribution in [0.2, 0.25) is 0 Å². The molecule has 2 aromatic rings. The Morgan fingerprint density at radius 2 is 2.18 bits per heavy atom. The van der Waals surface area contributed by atoms with Crippen LogP contribution in [0.1, 0.15) is 20.1 Å². The van der Waals surface area contributed by atoms with Gasteiger partial charge in [-0.1, -0.05) is 12.1 Å². The average Bonchev–Trinajstić information content (AvgIpc) is 2.59. The summed E-state index contributed by atoms with van der Waals surface area (Å²) in [6.07, 6.45) is 0.240. The lowest BCUT2D eigenvalue weighted by atomic mass is 10.1. The van der Waals surface area contributed by atoms with E-state index in [9.17, 15) is 9.18 Å². The first-order valence-corrected chi connectivity index (χ1v) is 6.71. The lowest BCUT2D eigenvalue weighted by Gasteiger charge is -1.99. The number of hydrogen-bond donors (Lipinski definition) is 0. The Hall–Kier alpha value is -1.00. The summed E-state index contributed by atoms with van der Waals surface area (Å²) in [7, 11) is 0. The van der Waals surface area contributed by atoms with Gasteiger partial charge < -0.3 is 0 Å². The molecule has 0 radical (unpaired) electrons. The van der Waals surface area contributed by atoms with Crippen molar-refractivity contribution in [2.45, 2.75) is 13.3 Å². The van der Waals surface area contributed by atoms with E-state index in [0.717, 1.165) is 9.35 Å². The Bertz CT molecular complexity index is 543. The van der Waals surface area contributed by atoms with Crippen molar-refractivity contribution >= 4 is 33.0 Å². The molecule has 0 spiro atoms. The van der Waals surface area contributed by atoms with Crippen molar-refractivity contribution in [3.8, 4) is 0 Å². The van der Waals surface area contributed by atoms with E-state index in [0.29, 0.717) is 10.4 Å². The van der Waals surface area contributed by atoms with Crippen LogP contribution in [0.25, 0.3) is 0 Å². The molecule has 0 aliphatic carbocycles. The van der Waals surface area contributed by atoms with Gasteiger partial charge in [0.25, 0.3) is 0 Å². The summed E-state index contributed by atoms with van der Waals surface area (Å²) >= 11 is 4.84. The maximum atomic E-state index is 13.0. The van der Waals surface area contributed by atoms with Gasteiger partial charge >= 0.3 is 0 Å². The molecule has 2 rings (SSSR count). The van der Waals surface area contributed by atoms with Crippen molar-refractivity contribution in [3.63, 3.8) is 0 Å². The molecule has 0 bridgehead atoms. The zero-order chi connectivity index (χ0) is 12.4. The Balaban J connectivity index is 2.17. The average molecular weight is 313 g/mol. The van der Waals surface area contributed by atoms with Crippen molar-refractivity contribution < 1.29 is 9.18 Å². The van der Waals surface area contributed by atoms with Crippen LogP contribution in [-0.2, 0) is 6.42 Å². The fourth-order valence-corrected chi connectivity index (χ4v) is 2.99. The fourth-order valence-electron chi connectivity index (χ4n) is 1.52. The van der Waals surface area contributed by atoms with Gasteiger partial charge in [-0.3, -0.25) is 4.79 Å². The third kappa shape index (κ3) is 3.01. The molecule has 4 heteroatoms. The highest BCUT2D eigenvalue weighted by Crippen LogP contribution is 2.27. The standard InChI is InChI=1S/C13H10BrFOS/c1-8-11(14)7-13(17-8)12(16)6-9-3-2-4-10(15)5-9/h2-5,7H,6H2,1H3. The van der Waals surface area contributed by atoms with Crippen LogP contribution in [0.5, 0.6) is 0 Å². The largest absolute Gasteiger partial charge is 0.293 e. The summed E-state index contributed by atoms with van der Waals surface area (Å²) in [4.78, 5) is 13.7. The second-order valence-electron chi connectivity index (χ2n) is 3.74. The highest BCUT2D eigenvalue weighted by Gasteiger charge is 2.12. The molecule has 0 aliphatic rings. The minimum Gasteiger partial charge on any atom is -0.293 e. The highest BCUT2D eigenvalue weighted by atomic mass is 79.9. The summed E-state index contributed by atoms with van der Waals surface area (Å²) in [6.45, 7) is 1.95. The van der Waals surface area contributed by atoms with Crippen molar-refractivity contribution in [1.82, 2.24) is 0 Å². The van der Waals surface area contributed by atoms with Gasteiger partial charge in [-0.05, 0) is 46.6 Å². The van der Waals surface area contributed by atoms with Gasteiger partial charge in [0.1, 0.15) is 5.82 Å². The van der Waals surface area contributed by atoms with E-state index < -0.39 is 0 Å². The van der Waals surface area contributed by atoms with E-state index in [4.69, 9.17) is 0 Å². The quantitative estimate of drug-likeness (QED) is 0.768. The molecule has 0 saturated carbocycles. The van der Waals surface area contributed by atoms with Crippen LogP contribution in [0.15, 0.2) is 34.8 Å². The summed E-state index contributed by atoms with van der Waals surface area (Å²) in [5.41, 5.74) is 0.706. The van der Waals surface area contributed by atoms with Crippen molar-refractivity contribution in [2.24, 2.45) is 0 Å². The zero-order valence-corrected chi connectivity index (χ0v) is 11.6. The SMILES string of the molecule is Cc1sc(C(=O)Cc2cccc(F)c2)cc1Br. The van der Waals surface area contributed by atoms with Gasteiger partial charge in [0, 0.05) is 15.8 Å². The van der Waals surface area contributed by atoms with Crippen LogP contribution < -0.4 is 0 Å². The molecule has 0 amide bonds. The van der Waals surface area contributed by atoms with E-state index in [1.54, 1.807) is 12.1 Å². The molecular formula is C13H10BrFOS. The summed E-state index contributed by atoms with van der Waals surface area (Å²) in [5, 5.41) is 0. The van der Waals surface area contributed by atoms with Crippen LogP contribution in [0.3, 0.4) is 0 Å². The number of carbonyl (C=O) groups excluding carboxylic acids is 1. The first-order valence-electron chi connectivity index (χ1n) is 5.10. The van der Waals surface area contributed by atoms with Gasteiger partial charge in [-0.2, -0.15) is 0 Å². The number of halogens is 2. The van der Waals surface area contributed by atoms with E-state index in [2.05, 4.69) is 15.9 Å². The van der Waals surface area contributed by atoms with Crippen LogP contribution in [0, 0.1) is 12.7 Å². The lowest BCUT2D eigenvalue weighted by Crippen LogP contribution is -2.01. The number of ketones is 1. The second kappa shape index (κ2) is 5.10. The monoisotopic (exact) mass is 312 g/mol. The number of rotatable bonds is 3. The molecule has 88 valence electrons. The Morgan fingerprint density at radius 3 is 2.76 bits per heavy atom. The Kier molecular flexibility index (Phi) is 3.74. The number of Topliss-reactive ketones (excluding diaryl/α,β-unsaturated/α-hetero) is 1. The Labute approximate surface area is 111 Å². The molecule has 0 unspecified atom stereocenters. The summed E-state index contributed by atoms with van der Waals surface area (Å²) < 4.78 is 13.9. The molecule has 0 atom stereocenters. The predicted molar refractivity (Wildman–Crippen MR) is 71.2 cm³/mol. The predicted octanol–water partition coefficient (Wildman–Crippen LogP) is 4.38. The molecular weight excluding hydrogens is 303 g/mol. The molecule has 17 heavy (non-hydrogen) atoms. The second-order valence-corrected chi connectivity index (χ2v) is 5.86. The number of thiophene rings is 1. The van der Waals surface area contributed by atoms with Crippen molar-refractivity contribution in [3.05, 3.63) is 55.9 Å². The molecule has 0 saturated heterocycles. The van der Waals surface area contributed by atoms with Crippen LogP contribution in [-0.4, -0.2) is 5.78 Å². The normalized spacial score (nSPS) is 10.5. The lowest BCUT2D eigenvalue weighted by molar-refractivity contribution is 0.0997. The highest BCUT2D eigenvalue weighted by molar-refractivity contribution is 9.10. The molecule has 0 aliphatic heterocycles. The minimum absolute atomic E-state index is 0.0226. The van der Waals surface area contributed by atoms with E-state index in [1.165, 1.54) is 23.5 Å². The van der Waals surface area contributed by atoms with E-state index >= 15 is 0 Å². The summed E-state index contributed by atoms with van der Waals surface area (Å²) in [6, 6.07) is 7.97. The molecule has 1 aromatic carbocycles. The topological polar surface area (TPSA) is 17.1 Å². The van der Waals surface area contributed by atoms with Crippen molar-refractivity contribution in [2.75, 3.05) is 0 Å². The first-order chi connectivity index (χ1) is 8.06. The van der Waals surface area contributed by atoms with Gasteiger partial charge in [-0.25, -0.2) is 4.39 Å². The maximum Gasteiger partial charge on any atom is 0.177 e. The van der Waals surface area contributed by atoms with Gasteiger partial charge in [0.05, 0.1) is 4.88 Å². The fraction of sp³-hybridized carbons (Fsp3) is 0.154. The Morgan fingerprint density at radius 1 is 1.41 bits per heavy atom. The molecule has 1 aromatic heterocycles. The number of benzene rings is 1. The third-order valence-electron chi connectivity index (χ3n) is 2.39. The maximum absolute atomic E-state index is 13.0. The van der Waals surface area contributed by atoms with Gasteiger partial charge in [-0.15, -0.1) is 11.3 Å². The minimum atomic E-state index is -0.307. The van der Waals surface area contributed by atoms with E-state index in [1.807, 2.05) is 13.0 Å². The molecule has 0 fully saturated rings. The third-order valence-corrected chi connectivity index (χ3v) is 4.56. The van der Waals surface area contributed by atoms with Gasteiger partial charge in [0.15, 0.2) is 5.78 Å². The van der Waals surface area contributed by atoms with Gasteiger partial charge in [0.2, 0.25) is 0 Å². The summed E-state index contributed by atoms with van der Waals surface area (Å²) in [5.74, 6) is -0.284. The molecule has 0 N–H and O–H groups in total. The van der Waals surface area contributed by atoms with Crippen LogP contribution in [0.4, 0.5) is 4.39 Å². The van der Waals surface area contributed by atoms with E-state index in [-0.39, 0.29) is 18.0 Å². The smallest absolute Gasteiger partial charge is 0.177 e. The molecule has 1 heterocycles. The number of aryl methyl sites for hydroxylation is 1.